The van der Waals surface area contributed by atoms with E-state index in [4.69, 9.17) is 9.47 Å². The van der Waals surface area contributed by atoms with E-state index in [1.807, 2.05) is 37.3 Å². The van der Waals surface area contributed by atoms with Gasteiger partial charge in [-0.05, 0) is 23.5 Å². The smallest absolute Gasteiger partial charge is 0.410 e. The highest BCUT2D eigenvalue weighted by Gasteiger charge is 2.35. The number of rotatable bonds is 14. The molecule has 1 aromatic carbocycles. The molecule has 2 aliphatic heterocycles. The Morgan fingerprint density at radius 2 is 1.42 bits per heavy atom. The normalized spacial score (nSPS) is 18.1. The van der Waals surface area contributed by atoms with Crippen LogP contribution in [0.1, 0.15) is 35.0 Å². The third kappa shape index (κ3) is 8.17. The first-order chi connectivity index (χ1) is 20.9. The molecule has 0 aliphatic carbocycles. The molecule has 2 aromatic heterocycles. The summed E-state index contributed by atoms with van der Waals surface area (Å²) in [6.07, 6.45) is 1.08. The van der Waals surface area contributed by atoms with Crippen LogP contribution in [0.3, 0.4) is 0 Å². The first kappa shape index (κ1) is 30.6. The van der Waals surface area contributed by atoms with Crippen molar-refractivity contribution < 1.29 is 28.7 Å². The lowest BCUT2D eigenvalue weighted by Gasteiger charge is -2.20. The van der Waals surface area contributed by atoms with Crippen molar-refractivity contribution in [2.24, 2.45) is 0 Å². The molecule has 5 rings (SSSR count). The van der Waals surface area contributed by atoms with Crippen LogP contribution in [-0.4, -0.2) is 98.0 Å². The molecule has 17 heteroatoms. The molecule has 14 nitrogen and oxygen atoms in total. The molecular weight excluding hydrogens is 617 g/mol. The van der Waals surface area contributed by atoms with Crippen molar-refractivity contribution in [1.29, 1.82) is 0 Å². The molecule has 0 spiro atoms. The standard InChI is InChI=1S/C26H30N8O6S3/c1-2-17-14-39-25(37)33(17)12-19(35)27-23-31-29-21(42-23)8-10-41-11-9-22-30-32-24(43-22)28-20(36)13-34-18(15-40-26(34)38)16-6-4-3-5-7-16/h3-7,17-18H,2,8-15H2,1H3,(H,27,31,35)(H,28,32,36)/t17-,18+/m0/s1. The van der Waals surface area contributed by atoms with Crippen molar-refractivity contribution in [2.45, 2.75) is 38.3 Å². The topological polar surface area (TPSA) is 169 Å². The number of carbonyl (C=O) groups excluding carboxylic acids is 4. The Bertz CT molecular complexity index is 1440. The maximum Gasteiger partial charge on any atom is 0.410 e. The molecule has 0 radical (unpaired) electrons. The maximum atomic E-state index is 12.6. The number of hydrogen-bond donors (Lipinski definition) is 2. The van der Waals surface area contributed by atoms with E-state index in [0.29, 0.717) is 36.1 Å². The number of ether oxygens (including phenoxy) is 2. The van der Waals surface area contributed by atoms with Crippen LogP contribution in [0.25, 0.3) is 0 Å². The van der Waals surface area contributed by atoms with Crippen LogP contribution in [0, 0.1) is 0 Å². The third-order valence-electron chi connectivity index (χ3n) is 6.68. The van der Waals surface area contributed by atoms with E-state index in [1.54, 1.807) is 11.8 Å². The Balaban J connectivity index is 0.988. The number of benzene rings is 1. The number of aryl methyl sites for hydroxylation is 2. The fourth-order valence-electron chi connectivity index (χ4n) is 4.46. The zero-order valence-corrected chi connectivity index (χ0v) is 25.7. The van der Waals surface area contributed by atoms with E-state index in [0.717, 1.165) is 27.1 Å². The van der Waals surface area contributed by atoms with Gasteiger partial charge in [0.05, 0.1) is 12.1 Å². The fraction of sp³-hybridized carbons (Fsp3) is 0.462. The predicted molar refractivity (Wildman–Crippen MR) is 161 cm³/mol. The molecule has 43 heavy (non-hydrogen) atoms. The van der Waals surface area contributed by atoms with Crippen molar-refractivity contribution in [3.63, 3.8) is 0 Å². The van der Waals surface area contributed by atoms with Gasteiger partial charge in [0.25, 0.3) is 0 Å². The van der Waals surface area contributed by atoms with Crippen LogP contribution >= 0.6 is 34.4 Å². The van der Waals surface area contributed by atoms with Gasteiger partial charge in [0, 0.05) is 12.8 Å². The fourth-order valence-corrected chi connectivity index (χ4v) is 7.10. The monoisotopic (exact) mass is 646 g/mol. The van der Waals surface area contributed by atoms with E-state index < -0.39 is 12.2 Å². The summed E-state index contributed by atoms with van der Waals surface area (Å²) in [5.41, 5.74) is 0.905. The SMILES string of the molecule is CC[C@H]1COC(=O)N1CC(=O)Nc1nnc(CCSCCc2nnc(NC(=O)CN3C(=O)OC[C@@H]3c3ccccc3)s2)s1. The van der Waals surface area contributed by atoms with Crippen molar-refractivity contribution in [3.8, 4) is 0 Å². The van der Waals surface area contributed by atoms with Crippen LogP contribution in [0.5, 0.6) is 0 Å². The highest BCUT2D eigenvalue weighted by molar-refractivity contribution is 7.99. The van der Waals surface area contributed by atoms with Crippen LogP contribution in [0.2, 0.25) is 0 Å². The average molecular weight is 647 g/mol. The number of nitrogens with zero attached hydrogens (tertiary/aromatic N) is 6. The number of nitrogens with one attached hydrogen (secondary N) is 2. The zero-order valence-electron chi connectivity index (χ0n) is 23.3. The van der Waals surface area contributed by atoms with Gasteiger partial charge in [-0.2, -0.15) is 11.8 Å². The second-order valence-electron chi connectivity index (χ2n) is 9.61. The van der Waals surface area contributed by atoms with Crippen LogP contribution in [0.15, 0.2) is 30.3 Å². The molecule has 3 aromatic rings. The number of thioether (sulfide) groups is 1. The summed E-state index contributed by atoms with van der Waals surface area (Å²) in [7, 11) is 0. The number of aromatic nitrogens is 4. The van der Waals surface area contributed by atoms with Crippen LogP contribution < -0.4 is 10.6 Å². The highest BCUT2D eigenvalue weighted by Crippen LogP contribution is 2.27. The summed E-state index contributed by atoms with van der Waals surface area (Å²) in [6, 6.07) is 9.04. The van der Waals surface area contributed by atoms with Gasteiger partial charge in [-0.15, -0.1) is 20.4 Å². The van der Waals surface area contributed by atoms with Gasteiger partial charge in [-0.1, -0.05) is 59.9 Å². The molecule has 2 N–H and O–H groups in total. The quantitative estimate of drug-likeness (QED) is 0.247. The Labute approximate surface area is 259 Å². The highest BCUT2D eigenvalue weighted by atomic mass is 32.2. The third-order valence-corrected chi connectivity index (χ3v) is 9.46. The molecule has 2 aliphatic rings. The van der Waals surface area contributed by atoms with Gasteiger partial charge in [-0.3, -0.25) is 30.0 Å². The minimum atomic E-state index is -0.524. The number of cyclic esters (lactones) is 2. The van der Waals surface area contributed by atoms with Gasteiger partial charge in [0.1, 0.15) is 36.3 Å². The summed E-state index contributed by atoms with van der Waals surface area (Å²) in [5, 5.41) is 24.2. The summed E-state index contributed by atoms with van der Waals surface area (Å²) in [5.74, 6) is 0.899. The zero-order chi connectivity index (χ0) is 30.2. The summed E-state index contributed by atoms with van der Waals surface area (Å²) in [6.45, 7) is 2.21. The Morgan fingerprint density at radius 1 is 0.860 bits per heavy atom. The van der Waals surface area contributed by atoms with E-state index in [-0.39, 0.29) is 43.6 Å². The Hall–Kier alpha value is -3.83. The second kappa shape index (κ2) is 14.6. The molecule has 2 saturated heterocycles. The molecule has 2 atom stereocenters. The number of hydrogen-bond acceptors (Lipinski definition) is 13. The van der Waals surface area contributed by atoms with Crippen molar-refractivity contribution >= 4 is 68.7 Å². The van der Waals surface area contributed by atoms with Gasteiger partial charge < -0.3 is 9.47 Å². The molecule has 228 valence electrons. The first-order valence-electron chi connectivity index (χ1n) is 13.6. The predicted octanol–water partition coefficient (Wildman–Crippen LogP) is 3.21. The first-order valence-corrected chi connectivity index (χ1v) is 16.4. The summed E-state index contributed by atoms with van der Waals surface area (Å²) in [4.78, 5) is 51.8. The molecular formula is C26H30N8O6S3. The number of carbonyl (C=O) groups is 4. The molecule has 0 bridgehead atoms. The minimum Gasteiger partial charge on any atom is -0.447 e. The van der Waals surface area contributed by atoms with Crippen LogP contribution in [-0.2, 0) is 31.9 Å². The lowest BCUT2D eigenvalue weighted by molar-refractivity contribution is -0.117. The van der Waals surface area contributed by atoms with Gasteiger partial charge in [0.15, 0.2) is 0 Å². The molecule has 4 amide bonds. The number of amides is 4. The summed E-state index contributed by atoms with van der Waals surface area (Å²) >= 11 is 4.32. The lowest BCUT2D eigenvalue weighted by Crippen LogP contribution is -2.39. The van der Waals surface area contributed by atoms with Crippen molar-refractivity contribution in [1.82, 2.24) is 30.2 Å². The van der Waals surface area contributed by atoms with Crippen molar-refractivity contribution in [2.75, 3.05) is 48.4 Å². The molecule has 4 heterocycles. The Kier molecular flexibility index (Phi) is 10.4. The van der Waals surface area contributed by atoms with E-state index in [1.165, 1.54) is 32.5 Å². The van der Waals surface area contributed by atoms with Gasteiger partial charge in [-0.25, -0.2) is 9.59 Å². The summed E-state index contributed by atoms with van der Waals surface area (Å²) < 4.78 is 10.2. The average Bonchev–Trinajstić information content (AvgIpc) is 3.79. The van der Waals surface area contributed by atoms with E-state index >= 15 is 0 Å². The maximum absolute atomic E-state index is 12.6. The lowest BCUT2D eigenvalue weighted by atomic mass is 10.1. The molecule has 0 unspecified atom stereocenters. The van der Waals surface area contributed by atoms with E-state index in [9.17, 15) is 19.2 Å². The second-order valence-corrected chi connectivity index (χ2v) is 13.0. The van der Waals surface area contributed by atoms with Gasteiger partial charge >= 0.3 is 12.2 Å². The van der Waals surface area contributed by atoms with Crippen LogP contribution in [0.4, 0.5) is 19.9 Å². The molecule has 2 fully saturated rings. The number of anilines is 2. The molecule has 0 saturated carbocycles. The largest absolute Gasteiger partial charge is 0.447 e. The van der Waals surface area contributed by atoms with E-state index in [2.05, 4.69) is 31.0 Å². The Morgan fingerprint density at radius 3 is 2.02 bits per heavy atom. The minimum absolute atomic E-state index is 0.0824. The van der Waals surface area contributed by atoms with Gasteiger partial charge in [0.2, 0.25) is 22.1 Å². The van der Waals surface area contributed by atoms with Crippen molar-refractivity contribution in [3.05, 3.63) is 45.9 Å².